The highest BCUT2D eigenvalue weighted by atomic mass is 15.3. The third kappa shape index (κ3) is 2.69. The average Bonchev–Trinajstić information content (AvgIpc) is 3.25. The van der Waals surface area contributed by atoms with E-state index in [0.29, 0.717) is 12.0 Å². The summed E-state index contributed by atoms with van der Waals surface area (Å²) in [6.45, 7) is 10.2. The largest absolute Gasteiger partial charge is 0.354 e. The molecule has 3 rings (SSSR count). The summed E-state index contributed by atoms with van der Waals surface area (Å²) in [5, 5.41) is 0. The summed E-state index contributed by atoms with van der Waals surface area (Å²) in [4.78, 5) is 9.94. The lowest BCUT2D eigenvalue weighted by Crippen LogP contribution is -2.50. The topological polar surface area (TPSA) is 19.4 Å². The van der Waals surface area contributed by atoms with Crippen molar-refractivity contribution in [1.82, 2.24) is 9.88 Å². The molecular weight excluding hydrogens is 246 g/mol. The van der Waals surface area contributed by atoms with Gasteiger partial charge in [-0.3, -0.25) is 0 Å². The Hall–Kier alpha value is -1.09. The molecule has 1 aromatic heterocycles. The molecule has 1 aromatic rings. The van der Waals surface area contributed by atoms with Gasteiger partial charge in [-0.1, -0.05) is 19.9 Å². The third-order valence-corrected chi connectivity index (χ3v) is 4.81. The average molecular weight is 273 g/mol. The Morgan fingerprint density at radius 3 is 2.55 bits per heavy atom. The van der Waals surface area contributed by atoms with E-state index in [1.807, 2.05) is 0 Å². The zero-order valence-electron chi connectivity index (χ0n) is 13.3. The van der Waals surface area contributed by atoms with Gasteiger partial charge in [0.15, 0.2) is 0 Å². The summed E-state index contributed by atoms with van der Waals surface area (Å²) >= 11 is 0. The van der Waals surface area contributed by atoms with E-state index in [1.54, 1.807) is 0 Å². The van der Waals surface area contributed by atoms with Gasteiger partial charge in [-0.2, -0.15) is 0 Å². The second kappa shape index (κ2) is 5.36. The number of piperazine rings is 1. The molecule has 110 valence electrons. The van der Waals surface area contributed by atoms with Crippen LogP contribution in [-0.2, 0) is 0 Å². The van der Waals surface area contributed by atoms with Crippen molar-refractivity contribution >= 4 is 5.82 Å². The number of aromatic nitrogens is 1. The molecule has 0 unspecified atom stereocenters. The molecule has 2 fully saturated rings. The predicted octanol–water partition coefficient (Wildman–Crippen LogP) is 3.22. The summed E-state index contributed by atoms with van der Waals surface area (Å²) in [5.41, 5.74) is 2.84. The van der Waals surface area contributed by atoms with E-state index in [2.05, 4.69) is 49.8 Å². The van der Waals surface area contributed by atoms with Gasteiger partial charge in [-0.15, -0.1) is 0 Å². The Balaban J connectivity index is 1.85. The lowest BCUT2D eigenvalue weighted by Gasteiger charge is -2.38. The van der Waals surface area contributed by atoms with Gasteiger partial charge in [0.2, 0.25) is 0 Å². The zero-order chi connectivity index (χ0) is 14.3. The molecule has 1 atom stereocenters. The first kappa shape index (κ1) is 13.9. The maximum absolute atomic E-state index is 5.05. The number of pyridine rings is 1. The number of nitrogens with zero attached hydrogens (tertiary/aromatic N) is 3. The molecule has 1 aliphatic carbocycles. The fourth-order valence-corrected chi connectivity index (χ4v) is 3.08. The van der Waals surface area contributed by atoms with Crippen molar-refractivity contribution in [3.8, 4) is 0 Å². The van der Waals surface area contributed by atoms with Crippen molar-refractivity contribution in [3.63, 3.8) is 0 Å². The molecule has 20 heavy (non-hydrogen) atoms. The highest BCUT2D eigenvalue weighted by Gasteiger charge is 2.30. The lowest BCUT2D eigenvalue weighted by molar-refractivity contribution is 0.233. The fraction of sp³-hybridized carbons (Fsp3) is 0.706. The second-order valence-electron chi connectivity index (χ2n) is 6.85. The minimum Gasteiger partial charge on any atom is -0.354 e. The Bertz CT molecular complexity index is 479. The first-order valence-electron chi connectivity index (χ1n) is 8.02. The number of hydrogen-bond donors (Lipinski definition) is 0. The van der Waals surface area contributed by atoms with Gasteiger partial charge in [0, 0.05) is 37.3 Å². The molecule has 2 heterocycles. The summed E-state index contributed by atoms with van der Waals surface area (Å²) in [6.07, 6.45) is 2.66. The van der Waals surface area contributed by atoms with Crippen LogP contribution in [0.4, 0.5) is 5.82 Å². The van der Waals surface area contributed by atoms with Gasteiger partial charge in [-0.05, 0) is 44.4 Å². The smallest absolute Gasteiger partial charge is 0.128 e. The normalized spacial score (nSPS) is 24.4. The quantitative estimate of drug-likeness (QED) is 0.843. The van der Waals surface area contributed by atoms with E-state index in [0.717, 1.165) is 25.6 Å². The van der Waals surface area contributed by atoms with Crippen LogP contribution in [0.25, 0.3) is 0 Å². The standard InChI is InChI=1S/C17H27N3/c1-12(2)15-7-8-16(18-17(15)14-5-6-14)20-10-9-19(4)13(3)11-20/h7-8,12-14H,5-6,9-11H2,1-4H3/t13-/m1/s1. The van der Waals surface area contributed by atoms with Gasteiger partial charge in [0.05, 0.1) is 0 Å². The van der Waals surface area contributed by atoms with Crippen LogP contribution in [0.5, 0.6) is 0 Å². The van der Waals surface area contributed by atoms with Crippen LogP contribution in [0.15, 0.2) is 12.1 Å². The highest BCUT2D eigenvalue weighted by molar-refractivity contribution is 5.45. The number of rotatable bonds is 3. The fourth-order valence-electron chi connectivity index (χ4n) is 3.08. The van der Waals surface area contributed by atoms with Gasteiger partial charge in [-0.25, -0.2) is 4.98 Å². The summed E-state index contributed by atoms with van der Waals surface area (Å²) in [6, 6.07) is 5.17. The van der Waals surface area contributed by atoms with Crippen LogP contribution in [0.2, 0.25) is 0 Å². The lowest BCUT2D eigenvalue weighted by atomic mass is 9.99. The van der Waals surface area contributed by atoms with Crippen molar-refractivity contribution in [2.24, 2.45) is 0 Å². The van der Waals surface area contributed by atoms with E-state index >= 15 is 0 Å². The molecule has 1 aliphatic heterocycles. The molecule has 3 heteroatoms. The molecule has 0 radical (unpaired) electrons. The Morgan fingerprint density at radius 2 is 1.95 bits per heavy atom. The molecule has 0 N–H and O–H groups in total. The van der Waals surface area contributed by atoms with Gasteiger partial charge < -0.3 is 9.80 Å². The second-order valence-corrected chi connectivity index (χ2v) is 6.85. The van der Waals surface area contributed by atoms with Gasteiger partial charge in [0.25, 0.3) is 0 Å². The van der Waals surface area contributed by atoms with E-state index in [1.165, 1.54) is 29.9 Å². The summed E-state index contributed by atoms with van der Waals surface area (Å²) < 4.78 is 0. The van der Waals surface area contributed by atoms with Crippen molar-refractivity contribution in [2.75, 3.05) is 31.6 Å². The summed E-state index contributed by atoms with van der Waals surface area (Å²) in [7, 11) is 2.22. The SMILES string of the molecule is CC(C)c1ccc(N2CCN(C)[C@H](C)C2)nc1C1CC1. The van der Waals surface area contributed by atoms with Crippen LogP contribution in [-0.4, -0.2) is 42.6 Å². The molecule has 0 spiro atoms. The summed E-state index contributed by atoms with van der Waals surface area (Å²) in [5.74, 6) is 2.51. The first-order valence-corrected chi connectivity index (χ1v) is 8.02. The van der Waals surface area contributed by atoms with Crippen LogP contribution in [0.3, 0.4) is 0 Å². The van der Waals surface area contributed by atoms with Crippen molar-refractivity contribution < 1.29 is 0 Å². The van der Waals surface area contributed by atoms with E-state index in [4.69, 9.17) is 4.98 Å². The maximum Gasteiger partial charge on any atom is 0.128 e. The predicted molar refractivity (Wildman–Crippen MR) is 84.6 cm³/mol. The van der Waals surface area contributed by atoms with Gasteiger partial charge >= 0.3 is 0 Å². The van der Waals surface area contributed by atoms with E-state index in [9.17, 15) is 0 Å². The van der Waals surface area contributed by atoms with Crippen LogP contribution >= 0.6 is 0 Å². The van der Waals surface area contributed by atoms with Gasteiger partial charge in [0.1, 0.15) is 5.82 Å². The Labute approximate surface area is 123 Å². The molecule has 2 aliphatic rings. The molecule has 1 saturated carbocycles. The molecular formula is C17H27N3. The highest BCUT2D eigenvalue weighted by Crippen LogP contribution is 2.43. The zero-order valence-corrected chi connectivity index (χ0v) is 13.3. The van der Waals surface area contributed by atoms with E-state index in [-0.39, 0.29) is 0 Å². The Morgan fingerprint density at radius 1 is 1.20 bits per heavy atom. The number of likely N-dealkylation sites (N-methyl/N-ethyl adjacent to an activating group) is 1. The van der Waals surface area contributed by atoms with E-state index < -0.39 is 0 Å². The van der Waals surface area contributed by atoms with Crippen molar-refractivity contribution in [2.45, 2.75) is 51.5 Å². The van der Waals surface area contributed by atoms with Crippen LogP contribution in [0.1, 0.15) is 56.7 Å². The first-order chi connectivity index (χ1) is 9.56. The molecule has 0 bridgehead atoms. The molecule has 0 aromatic carbocycles. The monoisotopic (exact) mass is 273 g/mol. The van der Waals surface area contributed by atoms with Crippen LogP contribution < -0.4 is 4.90 Å². The number of anilines is 1. The van der Waals surface area contributed by atoms with Crippen molar-refractivity contribution in [1.29, 1.82) is 0 Å². The number of hydrogen-bond acceptors (Lipinski definition) is 3. The minimum absolute atomic E-state index is 0.582. The molecule has 3 nitrogen and oxygen atoms in total. The molecule has 1 saturated heterocycles. The Kier molecular flexibility index (Phi) is 3.72. The minimum atomic E-state index is 0.582. The third-order valence-electron chi connectivity index (χ3n) is 4.81. The molecule has 0 amide bonds. The maximum atomic E-state index is 5.05. The van der Waals surface area contributed by atoms with Crippen LogP contribution in [0, 0.1) is 0 Å². The van der Waals surface area contributed by atoms with Crippen molar-refractivity contribution in [3.05, 3.63) is 23.4 Å².